The summed E-state index contributed by atoms with van der Waals surface area (Å²) in [5.74, 6) is 2.87. The molecule has 1 aliphatic carbocycles. The van der Waals surface area contributed by atoms with Crippen molar-refractivity contribution in [2.75, 3.05) is 6.61 Å². The van der Waals surface area contributed by atoms with Gasteiger partial charge in [0.1, 0.15) is 5.75 Å². The number of hydrogen-bond acceptors (Lipinski definition) is 2. The Morgan fingerprint density at radius 3 is 1.90 bits per heavy atom. The Hall–Kier alpha value is -2.27. The third-order valence-electron chi connectivity index (χ3n) is 6.66. The summed E-state index contributed by atoms with van der Waals surface area (Å²) in [6.07, 6.45) is 15.3. The summed E-state index contributed by atoms with van der Waals surface area (Å²) < 4.78 is 5.98. The fraction of sp³-hybridized carbons (Fsp3) is 0.536. The van der Waals surface area contributed by atoms with Crippen LogP contribution in [0.3, 0.4) is 0 Å². The summed E-state index contributed by atoms with van der Waals surface area (Å²) in [6.45, 7) is 3.11. The van der Waals surface area contributed by atoms with Crippen molar-refractivity contribution in [3.8, 4) is 22.9 Å². The Morgan fingerprint density at radius 2 is 1.33 bits per heavy atom. The summed E-state index contributed by atoms with van der Waals surface area (Å²) in [5, 5.41) is 8.91. The molecule has 0 N–H and O–H groups in total. The van der Waals surface area contributed by atoms with Crippen LogP contribution in [0.2, 0.25) is 0 Å². The molecule has 0 atom stereocenters. The van der Waals surface area contributed by atoms with Crippen LogP contribution in [-0.4, -0.2) is 6.61 Å². The van der Waals surface area contributed by atoms with Crippen LogP contribution in [0, 0.1) is 23.2 Å². The molecule has 0 heterocycles. The van der Waals surface area contributed by atoms with E-state index in [1.807, 2.05) is 24.3 Å². The van der Waals surface area contributed by atoms with Crippen LogP contribution in [0.25, 0.3) is 11.1 Å². The van der Waals surface area contributed by atoms with Gasteiger partial charge in [0.25, 0.3) is 0 Å². The zero-order valence-electron chi connectivity index (χ0n) is 18.6. The van der Waals surface area contributed by atoms with Gasteiger partial charge >= 0.3 is 0 Å². The second-order valence-electron chi connectivity index (χ2n) is 8.94. The highest BCUT2D eigenvalue weighted by molar-refractivity contribution is 5.64. The van der Waals surface area contributed by atoms with Gasteiger partial charge in [-0.2, -0.15) is 5.26 Å². The summed E-state index contributed by atoms with van der Waals surface area (Å²) in [6, 6.07) is 18.2. The van der Waals surface area contributed by atoms with E-state index >= 15 is 0 Å². The zero-order valence-corrected chi connectivity index (χ0v) is 18.6. The fourth-order valence-corrected chi connectivity index (χ4v) is 4.71. The number of unbranched alkanes of at least 4 members (excludes halogenated alkanes) is 3. The first-order valence-corrected chi connectivity index (χ1v) is 12.0. The molecule has 3 rings (SSSR count). The van der Waals surface area contributed by atoms with Crippen LogP contribution in [-0.2, 0) is 0 Å². The van der Waals surface area contributed by atoms with Gasteiger partial charge in [-0.05, 0) is 60.1 Å². The normalized spacial score (nSPS) is 18.7. The van der Waals surface area contributed by atoms with Crippen molar-refractivity contribution >= 4 is 0 Å². The standard InChI is InChI=1S/C28H37NO/c1-2-3-4-5-7-23-9-11-24(12-10-23)8-6-21-30-28-19-17-27(18-20-28)26-15-13-25(22-29)14-16-26/h13-20,23-24H,2-12,21H2,1H3/t23-,24-. The van der Waals surface area contributed by atoms with Crippen molar-refractivity contribution in [2.45, 2.75) is 77.6 Å². The van der Waals surface area contributed by atoms with E-state index in [2.05, 4.69) is 37.3 Å². The number of hydrogen-bond donors (Lipinski definition) is 0. The molecule has 30 heavy (non-hydrogen) atoms. The van der Waals surface area contributed by atoms with Gasteiger partial charge in [0, 0.05) is 0 Å². The van der Waals surface area contributed by atoms with Crippen molar-refractivity contribution in [2.24, 2.45) is 11.8 Å². The highest BCUT2D eigenvalue weighted by Crippen LogP contribution is 2.34. The van der Waals surface area contributed by atoms with Crippen molar-refractivity contribution < 1.29 is 4.74 Å². The lowest BCUT2D eigenvalue weighted by atomic mass is 9.78. The summed E-state index contributed by atoms with van der Waals surface area (Å²) in [7, 11) is 0. The van der Waals surface area contributed by atoms with Gasteiger partial charge < -0.3 is 4.74 Å². The zero-order chi connectivity index (χ0) is 21.0. The largest absolute Gasteiger partial charge is 0.494 e. The summed E-state index contributed by atoms with van der Waals surface area (Å²) >= 11 is 0. The maximum absolute atomic E-state index is 8.91. The number of benzene rings is 2. The van der Waals surface area contributed by atoms with Gasteiger partial charge in [0.15, 0.2) is 0 Å². The second kappa shape index (κ2) is 12.4. The topological polar surface area (TPSA) is 33.0 Å². The van der Waals surface area contributed by atoms with Gasteiger partial charge in [-0.15, -0.1) is 0 Å². The van der Waals surface area contributed by atoms with Gasteiger partial charge in [0.2, 0.25) is 0 Å². The van der Waals surface area contributed by atoms with Crippen LogP contribution in [0.4, 0.5) is 0 Å². The van der Waals surface area contributed by atoms with E-state index in [-0.39, 0.29) is 0 Å². The molecule has 0 amide bonds. The maximum Gasteiger partial charge on any atom is 0.119 e. The van der Waals surface area contributed by atoms with Crippen LogP contribution in [0.15, 0.2) is 48.5 Å². The minimum atomic E-state index is 0.694. The average molecular weight is 404 g/mol. The number of nitrogens with zero attached hydrogens (tertiary/aromatic N) is 1. The van der Waals surface area contributed by atoms with Crippen molar-refractivity contribution in [3.05, 3.63) is 54.1 Å². The Bertz CT molecular complexity index is 764. The Labute approximate surface area is 183 Å². The molecule has 0 spiro atoms. The van der Waals surface area contributed by atoms with E-state index in [0.717, 1.165) is 41.7 Å². The van der Waals surface area contributed by atoms with Gasteiger partial charge in [-0.1, -0.05) is 89.0 Å². The first-order valence-electron chi connectivity index (χ1n) is 12.0. The maximum atomic E-state index is 8.91. The molecular formula is C28H37NO. The summed E-state index contributed by atoms with van der Waals surface area (Å²) in [5.41, 5.74) is 2.97. The first-order chi connectivity index (χ1) is 14.8. The quantitative estimate of drug-likeness (QED) is 0.354. The lowest BCUT2D eigenvalue weighted by Gasteiger charge is -2.28. The van der Waals surface area contributed by atoms with Crippen LogP contribution >= 0.6 is 0 Å². The monoisotopic (exact) mass is 403 g/mol. The Kier molecular flexibility index (Phi) is 9.29. The third-order valence-corrected chi connectivity index (χ3v) is 6.66. The Morgan fingerprint density at radius 1 is 0.767 bits per heavy atom. The molecule has 2 heteroatoms. The van der Waals surface area contributed by atoms with Crippen molar-refractivity contribution in [1.29, 1.82) is 5.26 Å². The van der Waals surface area contributed by atoms with E-state index < -0.39 is 0 Å². The van der Waals surface area contributed by atoms with E-state index in [9.17, 15) is 0 Å². The van der Waals surface area contributed by atoms with E-state index in [4.69, 9.17) is 10.00 Å². The molecule has 0 bridgehead atoms. The molecule has 160 valence electrons. The predicted molar refractivity (Wildman–Crippen MR) is 126 cm³/mol. The number of nitriles is 1. The minimum Gasteiger partial charge on any atom is -0.494 e. The highest BCUT2D eigenvalue weighted by Gasteiger charge is 2.20. The van der Waals surface area contributed by atoms with Crippen LogP contribution in [0.1, 0.15) is 83.1 Å². The molecule has 1 aliphatic rings. The SMILES string of the molecule is CCCCCC[C@H]1CC[C@H](CCCOc2ccc(-c3ccc(C#N)cc3)cc2)CC1. The second-order valence-corrected chi connectivity index (χ2v) is 8.94. The van der Waals surface area contributed by atoms with Crippen LogP contribution in [0.5, 0.6) is 5.75 Å². The van der Waals surface area contributed by atoms with Crippen molar-refractivity contribution in [3.63, 3.8) is 0 Å². The molecule has 0 aliphatic heterocycles. The molecular weight excluding hydrogens is 366 g/mol. The molecule has 2 aromatic rings. The molecule has 0 unspecified atom stereocenters. The van der Waals surface area contributed by atoms with Gasteiger partial charge in [-0.3, -0.25) is 0 Å². The van der Waals surface area contributed by atoms with Crippen molar-refractivity contribution in [1.82, 2.24) is 0 Å². The molecule has 0 saturated heterocycles. The number of ether oxygens (including phenoxy) is 1. The fourth-order valence-electron chi connectivity index (χ4n) is 4.71. The smallest absolute Gasteiger partial charge is 0.119 e. The third kappa shape index (κ3) is 7.21. The van der Waals surface area contributed by atoms with E-state index in [1.54, 1.807) is 0 Å². The minimum absolute atomic E-state index is 0.694. The summed E-state index contributed by atoms with van der Waals surface area (Å²) in [4.78, 5) is 0. The number of rotatable bonds is 11. The van der Waals surface area contributed by atoms with E-state index in [1.165, 1.54) is 64.2 Å². The van der Waals surface area contributed by atoms with Crippen LogP contribution < -0.4 is 4.74 Å². The molecule has 1 fully saturated rings. The Balaban J connectivity index is 1.31. The highest BCUT2D eigenvalue weighted by atomic mass is 16.5. The predicted octanol–water partition coefficient (Wildman–Crippen LogP) is 8.16. The lowest BCUT2D eigenvalue weighted by Crippen LogP contribution is -2.15. The molecule has 2 nitrogen and oxygen atoms in total. The molecule has 0 aromatic heterocycles. The van der Waals surface area contributed by atoms with Gasteiger partial charge in [-0.25, -0.2) is 0 Å². The first kappa shape index (κ1) is 22.4. The lowest BCUT2D eigenvalue weighted by molar-refractivity contribution is 0.228. The average Bonchev–Trinajstić information content (AvgIpc) is 2.81. The molecule has 2 aromatic carbocycles. The van der Waals surface area contributed by atoms with Gasteiger partial charge in [0.05, 0.1) is 18.2 Å². The molecule has 1 saturated carbocycles. The molecule has 0 radical (unpaired) electrons. The van der Waals surface area contributed by atoms with E-state index in [0.29, 0.717) is 5.56 Å².